The molecule has 0 aliphatic rings. The van der Waals surface area contributed by atoms with Crippen LogP contribution in [0.3, 0.4) is 0 Å². The number of aliphatic hydroxyl groups excluding tert-OH is 3. The van der Waals surface area contributed by atoms with Crippen LogP contribution in [0, 0.1) is 0 Å². The largest absolute Gasteiger partial charge is 0.394 e. The summed E-state index contributed by atoms with van der Waals surface area (Å²) in [5.74, 6) is -0.331. The SMILES string of the molecule is CCCCCCCC/C=C/CC/C=C/CC/C=C/C(O)C(CO)NC(=O)CC(O)CCCCCCCCCCCCCCC. The molecule has 1 amide bonds. The summed E-state index contributed by atoms with van der Waals surface area (Å²) in [6.07, 6.45) is 41.2. The van der Waals surface area contributed by atoms with Gasteiger partial charge < -0.3 is 20.6 Å². The summed E-state index contributed by atoms with van der Waals surface area (Å²) < 4.78 is 0. The van der Waals surface area contributed by atoms with E-state index in [1.807, 2.05) is 6.08 Å². The Hall–Kier alpha value is -1.43. The maximum Gasteiger partial charge on any atom is 0.222 e. The van der Waals surface area contributed by atoms with Crippen LogP contribution in [-0.2, 0) is 4.79 Å². The van der Waals surface area contributed by atoms with Crippen molar-refractivity contribution in [1.82, 2.24) is 5.32 Å². The summed E-state index contributed by atoms with van der Waals surface area (Å²) in [5.41, 5.74) is 0. The molecule has 0 aliphatic carbocycles. The van der Waals surface area contributed by atoms with Gasteiger partial charge in [-0.05, 0) is 44.9 Å². The Labute approximate surface area is 273 Å². The number of carbonyl (C=O) groups excluding carboxylic acids is 1. The van der Waals surface area contributed by atoms with Gasteiger partial charge in [-0.25, -0.2) is 0 Å². The number of rotatable bonds is 33. The van der Waals surface area contributed by atoms with Crippen molar-refractivity contribution in [2.24, 2.45) is 0 Å². The molecule has 0 saturated heterocycles. The molecule has 0 aromatic rings. The van der Waals surface area contributed by atoms with E-state index >= 15 is 0 Å². The molecule has 0 radical (unpaired) electrons. The molecule has 5 nitrogen and oxygen atoms in total. The minimum absolute atomic E-state index is 0.00419. The number of nitrogens with one attached hydrogen (secondary N) is 1. The molecular weight excluding hydrogens is 546 g/mol. The van der Waals surface area contributed by atoms with Gasteiger partial charge in [-0.2, -0.15) is 0 Å². The van der Waals surface area contributed by atoms with Gasteiger partial charge in [0.2, 0.25) is 5.91 Å². The topological polar surface area (TPSA) is 89.8 Å². The number of allylic oxidation sites excluding steroid dienone is 5. The number of hydrogen-bond acceptors (Lipinski definition) is 4. The Morgan fingerprint density at radius 3 is 1.45 bits per heavy atom. The molecule has 0 fully saturated rings. The number of aliphatic hydroxyl groups is 3. The standard InChI is InChI=1S/C39H73NO4/c1-3-5-7-9-11-13-15-17-18-19-21-23-25-27-29-31-33-38(43)37(35-41)40-39(44)34-36(42)32-30-28-26-24-22-20-16-14-12-10-8-6-4-2/h17-18,23,25,31,33,36-38,41-43H,3-16,19-22,24,26-30,32,34-35H2,1-2H3,(H,40,44)/b18-17+,25-23+,33-31+. The molecule has 0 saturated carbocycles. The van der Waals surface area contributed by atoms with Crippen molar-refractivity contribution in [2.75, 3.05) is 6.61 Å². The van der Waals surface area contributed by atoms with Crippen LogP contribution in [0.2, 0.25) is 0 Å². The maximum atomic E-state index is 12.4. The molecule has 0 bridgehead atoms. The first-order chi connectivity index (χ1) is 21.5. The van der Waals surface area contributed by atoms with Gasteiger partial charge in [0.05, 0.1) is 31.3 Å². The minimum atomic E-state index is -0.956. The maximum absolute atomic E-state index is 12.4. The van der Waals surface area contributed by atoms with Crippen LogP contribution >= 0.6 is 0 Å². The Bertz CT molecular complexity index is 690. The van der Waals surface area contributed by atoms with Crippen molar-refractivity contribution in [3.05, 3.63) is 36.5 Å². The van der Waals surface area contributed by atoms with E-state index in [2.05, 4.69) is 43.5 Å². The van der Waals surface area contributed by atoms with Crippen LogP contribution < -0.4 is 5.32 Å². The molecule has 3 unspecified atom stereocenters. The highest BCUT2D eigenvalue weighted by Crippen LogP contribution is 2.14. The first-order valence-corrected chi connectivity index (χ1v) is 18.8. The Morgan fingerprint density at radius 1 is 0.568 bits per heavy atom. The summed E-state index contributed by atoms with van der Waals surface area (Å²) in [5, 5.41) is 33.0. The lowest BCUT2D eigenvalue weighted by molar-refractivity contribution is -0.124. The lowest BCUT2D eigenvalue weighted by Crippen LogP contribution is -2.45. The van der Waals surface area contributed by atoms with Gasteiger partial charge in [-0.1, -0.05) is 166 Å². The van der Waals surface area contributed by atoms with Crippen molar-refractivity contribution in [3.63, 3.8) is 0 Å². The number of unbranched alkanes of at least 4 members (excludes halogenated alkanes) is 20. The van der Waals surface area contributed by atoms with E-state index in [0.717, 1.165) is 38.5 Å². The zero-order valence-corrected chi connectivity index (χ0v) is 29.0. The van der Waals surface area contributed by atoms with Gasteiger partial charge in [-0.3, -0.25) is 4.79 Å². The second kappa shape index (κ2) is 34.4. The van der Waals surface area contributed by atoms with Crippen molar-refractivity contribution in [3.8, 4) is 0 Å². The first kappa shape index (κ1) is 42.6. The second-order valence-electron chi connectivity index (χ2n) is 12.8. The average Bonchev–Trinajstić information content (AvgIpc) is 3.01. The molecular formula is C39H73NO4. The van der Waals surface area contributed by atoms with E-state index < -0.39 is 18.2 Å². The highest BCUT2D eigenvalue weighted by molar-refractivity contribution is 5.76. The highest BCUT2D eigenvalue weighted by atomic mass is 16.3. The predicted molar refractivity (Wildman–Crippen MR) is 190 cm³/mol. The quantitative estimate of drug-likeness (QED) is 0.0435. The lowest BCUT2D eigenvalue weighted by Gasteiger charge is -2.21. The number of amides is 1. The molecule has 0 heterocycles. The van der Waals surface area contributed by atoms with E-state index in [0.29, 0.717) is 6.42 Å². The van der Waals surface area contributed by atoms with Gasteiger partial charge in [0.1, 0.15) is 0 Å². The molecule has 44 heavy (non-hydrogen) atoms. The molecule has 0 rings (SSSR count). The molecule has 0 aromatic carbocycles. The van der Waals surface area contributed by atoms with Crippen molar-refractivity contribution >= 4 is 5.91 Å². The third-order valence-electron chi connectivity index (χ3n) is 8.41. The van der Waals surface area contributed by atoms with Crippen LogP contribution in [0.1, 0.15) is 181 Å². The Kier molecular flexibility index (Phi) is 33.3. The summed E-state index contributed by atoms with van der Waals surface area (Å²) in [6.45, 7) is 4.17. The van der Waals surface area contributed by atoms with Crippen LogP contribution in [0.4, 0.5) is 0 Å². The fourth-order valence-electron chi connectivity index (χ4n) is 5.49. The third kappa shape index (κ3) is 30.6. The summed E-state index contributed by atoms with van der Waals surface area (Å²) in [7, 11) is 0. The average molecular weight is 620 g/mol. The van der Waals surface area contributed by atoms with Crippen molar-refractivity contribution in [1.29, 1.82) is 0 Å². The van der Waals surface area contributed by atoms with Crippen molar-refractivity contribution in [2.45, 2.75) is 199 Å². The Balaban J connectivity index is 3.81. The van der Waals surface area contributed by atoms with Gasteiger partial charge >= 0.3 is 0 Å². The van der Waals surface area contributed by atoms with Crippen molar-refractivity contribution < 1.29 is 20.1 Å². The lowest BCUT2D eigenvalue weighted by atomic mass is 10.0. The molecule has 0 aromatic heterocycles. The molecule has 3 atom stereocenters. The molecule has 5 heteroatoms. The summed E-state index contributed by atoms with van der Waals surface area (Å²) in [6, 6.07) is -0.763. The van der Waals surface area contributed by atoms with Crippen LogP contribution in [0.25, 0.3) is 0 Å². The highest BCUT2D eigenvalue weighted by Gasteiger charge is 2.20. The Morgan fingerprint density at radius 2 is 0.977 bits per heavy atom. The zero-order valence-electron chi connectivity index (χ0n) is 29.0. The van der Waals surface area contributed by atoms with Crippen LogP contribution in [0.15, 0.2) is 36.5 Å². The van der Waals surface area contributed by atoms with Crippen LogP contribution in [0.5, 0.6) is 0 Å². The van der Waals surface area contributed by atoms with E-state index in [1.54, 1.807) is 6.08 Å². The van der Waals surface area contributed by atoms with Gasteiger partial charge in [0.15, 0.2) is 0 Å². The molecule has 258 valence electrons. The predicted octanol–water partition coefficient (Wildman–Crippen LogP) is 10.0. The molecule has 0 spiro atoms. The summed E-state index contributed by atoms with van der Waals surface area (Å²) in [4.78, 5) is 12.4. The van der Waals surface area contributed by atoms with Gasteiger partial charge in [0.25, 0.3) is 0 Å². The van der Waals surface area contributed by atoms with E-state index in [4.69, 9.17) is 0 Å². The van der Waals surface area contributed by atoms with Gasteiger partial charge in [-0.15, -0.1) is 0 Å². The minimum Gasteiger partial charge on any atom is -0.394 e. The molecule has 4 N–H and O–H groups in total. The zero-order chi connectivity index (χ0) is 32.4. The normalized spacial score (nSPS) is 14.2. The number of carbonyl (C=O) groups is 1. The monoisotopic (exact) mass is 620 g/mol. The van der Waals surface area contributed by atoms with E-state index in [9.17, 15) is 20.1 Å². The smallest absolute Gasteiger partial charge is 0.222 e. The second-order valence-corrected chi connectivity index (χ2v) is 12.8. The molecule has 0 aliphatic heterocycles. The van der Waals surface area contributed by atoms with Crippen LogP contribution in [-0.4, -0.2) is 46.1 Å². The fraction of sp³-hybridized carbons (Fsp3) is 0.821. The third-order valence-corrected chi connectivity index (χ3v) is 8.41. The van der Waals surface area contributed by atoms with Gasteiger partial charge in [0, 0.05) is 0 Å². The van der Waals surface area contributed by atoms with E-state index in [-0.39, 0.29) is 18.9 Å². The summed E-state index contributed by atoms with van der Waals surface area (Å²) >= 11 is 0. The fourth-order valence-corrected chi connectivity index (χ4v) is 5.49. The first-order valence-electron chi connectivity index (χ1n) is 18.8. The van der Waals surface area contributed by atoms with E-state index in [1.165, 1.54) is 116 Å². The number of hydrogen-bond donors (Lipinski definition) is 4.